The van der Waals surface area contributed by atoms with Gasteiger partial charge in [0.05, 0.1) is 17.2 Å². The van der Waals surface area contributed by atoms with Crippen LogP contribution in [0.3, 0.4) is 0 Å². The zero-order valence-corrected chi connectivity index (χ0v) is 15.2. The van der Waals surface area contributed by atoms with Crippen LogP contribution in [-0.2, 0) is 0 Å². The van der Waals surface area contributed by atoms with Crippen LogP contribution in [0.2, 0.25) is 0 Å². The van der Waals surface area contributed by atoms with E-state index in [-0.39, 0.29) is 17.6 Å². The van der Waals surface area contributed by atoms with Crippen LogP contribution in [0.1, 0.15) is 33.9 Å². The Bertz CT molecular complexity index is 938. The molecule has 1 aromatic carbocycles. The maximum atomic E-state index is 12.6. The zero-order valence-electron chi connectivity index (χ0n) is 14.4. The summed E-state index contributed by atoms with van der Waals surface area (Å²) in [6.45, 7) is 3.71. The maximum Gasteiger partial charge on any atom is 0.262 e. The number of Topliss-reactive ketones (excluding diaryl/α,β-unsaturated/α-hetero) is 1. The summed E-state index contributed by atoms with van der Waals surface area (Å²) in [4.78, 5) is 33.6. The van der Waals surface area contributed by atoms with E-state index in [1.54, 1.807) is 18.3 Å². The standard InChI is InChI=1S/C19H17N3O3S/c1-3-25-18-14(10-7-11-20-18)17(24)22-19-21-15(16(26-19)12(2)23)13-8-5-4-6-9-13/h4-11H,3H2,1-2H3,(H,21,22,24). The number of nitrogens with one attached hydrogen (secondary N) is 1. The van der Waals surface area contributed by atoms with Crippen molar-refractivity contribution >= 4 is 28.2 Å². The molecule has 0 aliphatic heterocycles. The second-order valence-corrected chi connectivity index (χ2v) is 6.36. The van der Waals surface area contributed by atoms with E-state index in [1.807, 2.05) is 37.3 Å². The van der Waals surface area contributed by atoms with Gasteiger partial charge in [-0.15, -0.1) is 0 Å². The van der Waals surface area contributed by atoms with Crippen LogP contribution in [0, 0.1) is 0 Å². The van der Waals surface area contributed by atoms with E-state index in [0.717, 1.165) is 16.9 Å². The number of aromatic nitrogens is 2. The molecule has 3 rings (SSSR count). The van der Waals surface area contributed by atoms with E-state index in [1.165, 1.54) is 6.92 Å². The zero-order chi connectivity index (χ0) is 18.5. The molecule has 0 saturated heterocycles. The summed E-state index contributed by atoms with van der Waals surface area (Å²) >= 11 is 1.15. The average Bonchev–Trinajstić information content (AvgIpc) is 3.07. The van der Waals surface area contributed by atoms with Crippen LogP contribution in [0.5, 0.6) is 5.88 Å². The lowest BCUT2D eigenvalue weighted by Crippen LogP contribution is -2.14. The van der Waals surface area contributed by atoms with Gasteiger partial charge in [0, 0.05) is 18.7 Å². The summed E-state index contributed by atoms with van der Waals surface area (Å²) in [5.74, 6) is -0.220. The molecule has 1 amide bonds. The summed E-state index contributed by atoms with van der Waals surface area (Å²) in [6, 6.07) is 12.7. The van der Waals surface area contributed by atoms with Gasteiger partial charge in [-0.05, 0) is 19.1 Å². The molecule has 132 valence electrons. The van der Waals surface area contributed by atoms with Gasteiger partial charge in [-0.2, -0.15) is 0 Å². The van der Waals surface area contributed by atoms with E-state index in [2.05, 4.69) is 15.3 Å². The molecule has 0 radical (unpaired) electrons. The molecule has 0 bridgehead atoms. The van der Waals surface area contributed by atoms with Crippen LogP contribution in [0.25, 0.3) is 11.3 Å². The number of carbonyl (C=O) groups excluding carboxylic acids is 2. The number of pyridine rings is 1. The molecule has 7 heteroatoms. The van der Waals surface area contributed by atoms with Gasteiger partial charge in [-0.25, -0.2) is 9.97 Å². The smallest absolute Gasteiger partial charge is 0.262 e. The summed E-state index contributed by atoms with van der Waals surface area (Å²) in [5, 5.41) is 3.09. The van der Waals surface area contributed by atoms with Gasteiger partial charge in [0.2, 0.25) is 5.88 Å². The van der Waals surface area contributed by atoms with Crippen molar-refractivity contribution in [2.24, 2.45) is 0 Å². The topological polar surface area (TPSA) is 81.2 Å². The summed E-state index contributed by atoms with van der Waals surface area (Å²) in [7, 11) is 0. The Morgan fingerprint density at radius 1 is 1.15 bits per heavy atom. The van der Waals surface area contributed by atoms with Crippen molar-refractivity contribution in [1.82, 2.24) is 9.97 Å². The second kappa shape index (κ2) is 7.88. The molecular weight excluding hydrogens is 350 g/mol. The normalized spacial score (nSPS) is 10.4. The van der Waals surface area contributed by atoms with Crippen LogP contribution in [-0.4, -0.2) is 28.3 Å². The fourth-order valence-corrected chi connectivity index (χ4v) is 3.26. The molecule has 0 atom stereocenters. The first-order valence-electron chi connectivity index (χ1n) is 8.06. The Hall–Kier alpha value is -3.06. The van der Waals surface area contributed by atoms with E-state index < -0.39 is 0 Å². The van der Waals surface area contributed by atoms with Crippen LogP contribution < -0.4 is 10.1 Å². The lowest BCUT2D eigenvalue weighted by atomic mass is 10.1. The minimum atomic E-state index is -0.384. The third-order valence-electron chi connectivity index (χ3n) is 3.51. The monoisotopic (exact) mass is 367 g/mol. The quantitative estimate of drug-likeness (QED) is 0.665. The highest BCUT2D eigenvalue weighted by Crippen LogP contribution is 2.32. The number of ketones is 1. The lowest BCUT2D eigenvalue weighted by molar-refractivity contribution is 0.101. The number of carbonyl (C=O) groups is 2. The number of hydrogen-bond donors (Lipinski definition) is 1. The van der Waals surface area contributed by atoms with Gasteiger partial charge in [-0.1, -0.05) is 41.7 Å². The van der Waals surface area contributed by atoms with Crippen molar-refractivity contribution in [3.05, 3.63) is 59.1 Å². The number of anilines is 1. The molecule has 0 aliphatic rings. The van der Waals surface area contributed by atoms with Crippen LogP contribution in [0.15, 0.2) is 48.7 Å². The van der Waals surface area contributed by atoms with Crippen LogP contribution in [0.4, 0.5) is 5.13 Å². The molecule has 0 fully saturated rings. The first-order chi connectivity index (χ1) is 12.6. The summed E-state index contributed by atoms with van der Waals surface area (Å²) < 4.78 is 5.39. The predicted molar refractivity (Wildman–Crippen MR) is 101 cm³/mol. The molecule has 0 aliphatic carbocycles. The number of amides is 1. The van der Waals surface area contributed by atoms with E-state index in [0.29, 0.717) is 27.9 Å². The Balaban J connectivity index is 1.91. The Morgan fingerprint density at radius 3 is 2.62 bits per heavy atom. The van der Waals surface area contributed by atoms with Crippen molar-refractivity contribution in [2.75, 3.05) is 11.9 Å². The molecule has 6 nitrogen and oxygen atoms in total. The third kappa shape index (κ3) is 3.78. The first kappa shape index (κ1) is 17.8. The third-order valence-corrected chi connectivity index (χ3v) is 4.58. The van der Waals surface area contributed by atoms with E-state index >= 15 is 0 Å². The molecule has 2 heterocycles. The Labute approximate surface area is 154 Å². The van der Waals surface area contributed by atoms with Crippen molar-refractivity contribution < 1.29 is 14.3 Å². The minimum absolute atomic E-state index is 0.0989. The minimum Gasteiger partial charge on any atom is -0.477 e. The van der Waals surface area contributed by atoms with Crippen molar-refractivity contribution in [1.29, 1.82) is 0 Å². The number of thiazole rings is 1. The molecule has 3 aromatic rings. The van der Waals surface area contributed by atoms with Gasteiger partial charge in [-0.3, -0.25) is 14.9 Å². The molecule has 0 saturated carbocycles. The molecule has 26 heavy (non-hydrogen) atoms. The maximum absolute atomic E-state index is 12.6. The van der Waals surface area contributed by atoms with Crippen LogP contribution >= 0.6 is 11.3 Å². The van der Waals surface area contributed by atoms with Gasteiger partial charge in [0.15, 0.2) is 10.9 Å². The molecule has 0 spiro atoms. The SMILES string of the molecule is CCOc1ncccc1C(=O)Nc1nc(-c2ccccc2)c(C(C)=O)s1. The summed E-state index contributed by atoms with van der Waals surface area (Å²) in [6.07, 6.45) is 1.56. The fourth-order valence-electron chi connectivity index (χ4n) is 2.38. The first-order valence-corrected chi connectivity index (χ1v) is 8.88. The Kier molecular flexibility index (Phi) is 5.38. The molecule has 0 unspecified atom stereocenters. The number of rotatable bonds is 6. The van der Waals surface area contributed by atoms with Gasteiger partial charge in [0.1, 0.15) is 5.56 Å². The highest BCUT2D eigenvalue weighted by molar-refractivity contribution is 7.18. The van der Waals surface area contributed by atoms with Crippen molar-refractivity contribution in [3.63, 3.8) is 0 Å². The number of nitrogens with zero attached hydrogens (tertiary/aromatic N) is 2. The second-order valence-electron chi connectivity index (χ2n) is 5.36. The van der Waals surface area contributed by atoms with E-state index in [9.17, 15) is 9.59 Å². The van der Waals surface area contributed by atoms with Gasteiger partial charge in [0.25, 0.3) is 5.91 Å². The number of benzene rings is 1. The molecule has 1 N–H and O–H groups in total. The van der Waals surface area contributed by atoms with E-state index in [4.69, 9.17) is 4.74 Å². The number of hydrogen-bond acceptors (Lipinski definition) is 6. The van der Waals surface area contributed by atoms with Gasteiger partial charge >= 0.3 is 0 Å². The lowest BCUT2D eigenvalue weighted by Gasteiger charge is -2.07. The van der Waals surface area contributed by atoms with Crippen molar-refractivity contribution in [3.8, 4) is 17.1 Å². The number of ether oxygens (including phenoxy) is 1. The fraction of sp³-hybridized carbons (Fsp3) is 0.158. The summed E-state index contributed by atoms with van der Waals surface area (Å²) in [5.41, 5.74) is 1.70. The molecule has 2 aromatic heterocycles. The molecular formula is C19H17N3O3S. The van der Waals surface area contributed by atoms with Gasteiger partial charge < -0.3 is 4.74 Å². The largest absolute Gasteiger partial charge is 0.477 e. The highest BCUT2D eigenvalue weighted by Gasteiger charge is 2.20. The average molecular weight is 367 g/mol. The predicted octanol–water partition coefficient (Wildman–Crippen LogP) is 4.06. The highest BCUT2D eigenvalue weighted by atomic mass is 32.1. The Morgan fingerprint density at radius 2 is 1.92 bits per heavy atom. The van der Waals surface area contributed by atoms with Crippen molar-refractivity contribution in [2.45, 2.75) is 13.8 Å².